The van der Waals surface area contributed by atoms with Crippen LogP contribution in [0.5, 0.6) is 5.75 Å². The number of rotatable bonds is 3. The van der Waals surface area contributed by atoms with Crippen LogP contribution >= 0.6 is 0 Å². The molecular weight excluding hydrogens is 252 g/mol. The fourth-order valence-electron chi connectivity index (χ4n) is 2.27. The van der Waals surface area contributed by atoms with E-state index in [0.29, 0.717) is 13.2 Å². The Morgan fingerprint density at radius 3 is 2.70 bits per heavy atom. The number of hydrogen-bond donors (Lipinski definition) is 2. The molecule has 2 amide bonds. The highest BCUT2D eigenvalue weighted by Crippen LogP contribution is 2.31. The number of nitrogens with one attached hydrogen (secondary N) is 2. The lowest BCUT2D eigenvalue weighted by Crippen LogP contribution is -2.38. The molecule has 0 spiro atoms. The molecule has 1 unspecified atom stereocenters. The van der Waals surface area contributed by atoms with Gasteiger partial charge in [0.25, 0.3) is 0 Å². The zero-order valence-electron chi connectivity index (χ0n) is 11.0. The first-order valence-corrected chi connectivity index (χ1v) is 6.63. The van der Waals surface area contributed by atoms with Crippen molar-refractivity contribution in [1.82, 2.24) is 10.6 Å². The molecule has 1 aliphatic rings. The topological polar surface area (TPSA) is 50.4 Å². The minimum absolute atomic E-state index is 0.0815. The van der Waals surface area contributed by atoms with Gasteiger partial charge in [0.1, 0.15) is 12.4 Å². The Labute approximate surface area is 117 Å². The largest absolute Gasteiger partial charge is 0.491 e. The second-order valence-electron chi connectivity index (χ2n) is 4.71. The SMILES string of the molecule is O=C(NCc1ccccc1)NC1COc2ccccc21. The van der Waals surface area contributed by atoms with Crippen LogP contribution in [-0.4, -0.2) is 12.6 Å². The lowest BCUT2D eigenvalue weighted by molar-refractivity contribution is 0.231. The van der Waals surface area contributed by atoms with Gasteiger partial charge in [-0.1, -0.05) is 48.5 Å². The summed E-state index contributed by atoms with van der Waals surface area (Å²) in [7, 11) is 0. The van der Waals surface area contributed by atoms with Crippen LogP contribution in [0.3, 0.4) is 0 Å². The highest BCUT2D eigenvalue weighted by molar-refractivity contribution is 5.74. The molecule has 0 fully saturated rings. The molecule has 2 aromatic rings. The third-order valence-corrected chi connectivity index (χ3v) is 3.30. The molecule has 4 heteroatoms. The second-order valence-corrected chi connectivity index (χ2v) is 4.71. The predicted molar refractivity (Wildman–Crippen MR) is 76.5 cm³/mol. The first-order valence-electron chi connectivity index (χ1n) is 6.63. The third kappa shape index (κ3) is 2.74. The van der Waals surface area contributed by atoms with Crippen LogP contribution in [0.4, 0.5) is 4.79 Å². The number of benzene rings is 2. The van der Waals surface area contributed by atoms with Crippen molar-refractivity contribution >= 4 is 6.03 Å². The van der Waals surface area contributed by atoms with Crippen molar-refractivity contribution < 1.29 is 9.53 Å². The summed E-state index contributed by atoms with van der Waals surface area (Å²) in [5.41, 5.74) is 2.10. The highest BCUT2D eigenvalue weighted by Gasteiger charge is 2.24. The Morgan fingerprint density at radius 2 is 1.85 bits per heavy atom. The number of hydrogen-bond acceptors (Lipinski definition) is 2. The van der Waals surface area contributed by atoms with Crippen molar-refractivity contribution in [2.24, 2.45) is 0 Å². The number of urea groups is 1. The smallest absolute Gasteiger partial charge is 0.315 e. The van der Waals surface area contributed by atoms with Crippen molar-refractivity contribution in [3.05, 3.63) is 65.7 Å². The minimum Gasteiger partial charge on any atom is -0.491 e. The Bertz CT molecular complexity index is 598. The van der Waals surface area contributed by atoms with Gasteiger partial charge in [-0.15, -0.1) is 0 Å². The van der Waals surface area contributed by atoms with Gasteiger partial charge in [0.05, 0.1) is 6.04 Å². The Morgan fingerprint density at radius 1 is 1.10 bits per heavy atom. The van der Waals surface area contributed by atoms with Gasteiger partial charge >= 0.3 is 6.03 Å². The molecular formula is C16H16N2O2. The van der Waals surface area contributed by atoms with Crippen molar-refractivity contribution in [2.45, 2.75) is 12.6 Å². The molecule has 0 aromatic heterocycles. The Hall–Kier alpha value is -2.49. The van der Waals surface area contributed by atoms with Gasteiger partial charge in [0, 0.05) is 12.1 Å². The fourth-order valence-corrected chi connectivity index (χ4v) is 2.27. The standard InChI is InChI=1S/C16H16N2O2/c19-16(17-10-12-6-2-1-3-7-12)18-14-11-20-15-9-5-4-8-13(14)15/h1-9,14H,10-11H2,(H2,17,18,19). The van der Waals surface area contributed by atoms with Crippen LogP contribution in [0.15, 0.2) is 54.6 Å². The number of carbonyl (C=O) groups excluding carboxylic acids is 1. The molecule has 20 heavy (non-hydrogen) atoms. The summed E-state index contributed by atoms with van der Waals surface area (Å²) in [6.07, 6.45) is 0. The maximum atomic E-state index is 11.9. The average Bonchev–Trinajstić information content (AvgIpc) is 2.90. The lowest BCUT2D eigenvalue weighted by atomic mass is 10.1. The number of para-hydroxylation sites is 1. The van der Waals surface area contributed by atoms with E-state index in [4.69, 9.17) is 4.74 Å². The summed E-state index contributed by atoms with van der Waals surface area (Å²) in [5.74, 6) is 0.848. The van der Waals surface area contributed by atoms with E-state index in [1.807, 2.05) is 54.6 Å². The van der Waals surface area contributed by atoms with E-state index >= 15 is 0 Å². The summed E-state index contributed by atoms with van der Waals surface area (Å²) >= 11 is 0. The summed E-state index contributed by atoms with van der Waals surface area (Å²) in [6.45, 7) is 1.00. The number of fused-ring (bicyclic) bond motifs is 1. The second kappa shape index (κ2) is 5.65. The normalized spacial score (nSPS) is 16.1. The van der Waals surface area contributed by atoms with Crippen LogP contribution in [0.1, 0.15) is 17.2 Å². The van der Waals surface area contributed by atoms with Gasteiger partial charge in [-0.05, 0) is 11.6 Å². The van der Waals surface area contributed by atoms with Crippen LogP contribution in [0.2, 0.25) is 0 Å². The van der Waals surface area contributed by atoms with Crippen LogP contribution in [0, 0.1) is 0 Å². The summed E-state index contributed by atoms with van der Waals surface area (Å²) in [5, 5.41) is 5.78. The van der Waals surface area contributed by atoms with Crippen LogP contribution < -0.4 is 15.4 Å². The summed E-state index contributed by atoms with van der Waals surface area (Å²) in [4.78, 5) is 11.9. The van der Waals surface area contributed by atoms with Gasteiger partial charge in [0.2, 0.25) is 0 Å². The quantitative estimate of drug-likeness (QED) is 0.899. The van der Waals surface area contributed by atoms with E-state index in [-0.39, 0.29) is 12.1 Å². The van der Waals surface area contributed by atoms with Gasteiger partial charge in [-0.3, -0.25) is 0 Å². The summed E-state index contributed by atoms with van der Waals surface area (Å²) in [6, 6.07) is 17.3. The molecule has 2 N–H and O–H groups in total. The van der Waals surface area contributed by atoms with E-state index in [1.165, 1.54) is 0 Å². The summed E-state index contributed by atoms with van der Waals surface area (Å²) < 4.78 is 5.53. The average molecular weight is 268 g/mol. The van der Waals surface area contributed by atoms with Crippen LogP contribution in [0.25, 0.3) is 0 Å². The molecule has 3 rings (SSSR count). The molecule has 2 aromatic carbocycles. The molecule has 0 saturated carbocycles. The van der Waals surface area contributed by atoms with E-state index in [9.17, 15) is 4.79 Å². The molecule has 0 aliphatic carbocycles. The van der Waals surface area contributed by atoms with Gasteiger partial charge in [0.15, 0.2) is 0 Å². The predicted octanol–water partition coefficient (Wildman–Crippen LogP) is 2.62. The molecule has 1 aliphatic heterocycles. The van der Waals surface area contributed by atoms with E-state index in [2.05, 4.69) is 10.6 Å². The Balaban J connectivity index is 1.55. The minimum atomic E-state index is -0.181. The third-order valence-electron chi connectivity index (χ3n) is 3.30. The molecule has 1 atom stereocenters. The van der Waals surface area contributed by atoms with E-state index in [1.54, 1.807) is 0 Å². The molecule has 0 bridgehead atoms. The first kappa shape index (κ1) is 12.5. The number of carbonyl (C=O) groups is 1. The van der Waals surface area contributed by atoms with Gasteiger partial charge in [-0.2, -0.15) is 0 Å². The van der Waals surface area contributed by atoms with Crippen molar-refractivity contribution in [3.8, 4) is 5.75 Å². The lowest BCUT2D eigenvalue weighted by Gasteiger charge is -2.12. The number of amides is 2. The van der Waals surface area contributed by atoms with Gasteiger partial charge < -0.3 is 15.4 Å². The Kier molecular flexibility index (Phi) is 3.54. The number of ether oxygens (including phenoxy) is 1. The molecule has 102 valence electrons. The zero-order chi connectivity index (χ0) is 13.8. The molecule has 1 heterocycles. The maximum absolute atomic E-state index is 11.9. The van der Waals surface area contributed by atoms with Crippen molar-refractivity contribution in [3.63, 3.8) is 0 Å². The highest BCUT2D eigenvalue weighted by atomic mass is 16.5. The zero-order valence-corrected chi connectivity index (χ0v) is 11.0. The first-order chi connectivity index (χ1) is 9.83. The molecule has 0 saturated heterocycles. The fraction of sp³-hybridized carbons (Fsp3) is 0.188. The molecule has 0 radical (unpaired) electrons. The molecule has 4 nitrogen and oxygen atoms in total. The van der Waals surface area contributed by atoms with E-state index in [0.717, 1.165) is 16.9 Å². The van der Waals surface area contributed by atoms with E-state index < -0.39 is 0 Å². The van der Waals surface area contributed by atoms with Gasteiger partial charge in [-0.25, -0.2) is 4.79 Å². The van der Waals surface area contributed by atoms with Crippen molar-refractivity contribution in [1.29, 1.82) is 0 Å². The maximum Gasteiger partial charge on any atom is 0.315 e. The monoisotopic (exact) mass is 268 g/mol. The van der Waals surface area contributed by atoms with Crippen molar-refractivity contribution in [2.75, 3.05) is 6.61 Å². The van der Waals surface area contributed by atoms with Crippen LogP contribution in [-0.2, 0) is 6.54 Å².